The minimum Gasteiger partial charge on any atom is -0.371 e. The molecule has 3 rings (SSSR count). The van der Waals surface area contributed by atoms with Crippen molar-refractivity contribution in [1.82, 2.24) is 13.7 Å². The van der Waals surface area contributed by atoms with E-state index in [-0.39, 0.29) is 19.2 Å². The lowest BCUT2D eigenvalue weighted by atomic mass is 10.4. The van der Waals surface area contributed by atoms with Crippen molar-refractivity contribution in [2.75, 3.05) is 13.2 Å². The summed E-state index contributed by atoms with van der Waals surface area (Å²) < 4.78 is 13.0. The van der Waals surface area contributed by atoms with Crippen LogP contribution in [0.1, 0.15) is 6.23 Å². The zero-order valence-electron chi connectivity index (χ0n) is 10.2. The Morgan fingerprint density at radius 3 is 2.26 bits per heavy atom. The quantitative estimate of drug-likeness (QED) is 0.468. The van der Waals surface area contributed by atoms with Crippen LogP contribution in [0, 0.1) is 0 Å². The molecule has 0 radical (unpaired) electrons. The van der Waals surface area contributed by atoms with E-state index in [0.717, 1.165) is 13.7 Å². The van der Waals surface area contributed by atoms with Crippen LogP contribution in [0.25, 0.3) is 0 Å². The SMILES string of the molecule is C=CCn1c(=O)n(CC2CO2)c(=O)n(C2CO2)c1=O. The summed E-state index contributed by atoms with van der Waals surface area (Å²) in [5.74, 6) is 0. The Balaban J connectivity index is 2.21. The van der Waals surface area contributed by atoms with Gasteiger partial charge in [0, 0.05) is 0 Å². The summed E-state index contributed by atoms with van der Waals surface area (Å²) in [6.45, 7) is 4.54. The number of hydrogen-bond acceptors (Lipinski definition) is 5. The van der Waals surface area contributed by atoms with Crippen LogP contribution in [0.3, 0.4) is 0 Å². The Kier molecular flexibility index (Phi) is 2.76. The van der Waals surface area contributed by atoms with Crippen LogP contribution in [-0.4, -0.2) is 33.0 Å². The highest BCUT2D eigenvalue weighted by atomic mass is 16.6. The first kappa shape index (κ1) is 12.1. The van der Waals surface area contributed by atoms with E-state index in [0.29, 0.717) is 13.2 Å². The third-order valence-corrected chi connectivity index (χ3v) is 3.04. The van der Waals surface area contributed by atoms with E-state index in [1.807, 2.05) is 0 Å². The van der Waals surface area contributed by atoms with E-state index in [1.54, 1.807) is 0 Å². The molecule has 0 spiro atoms. The highest BCUT2D eigenvalue weighted by Gasteiger charge is 2.32. The van der Waals surface area contributed by atoms with Crippen LogP contribution in [0.4, 0.5) is 0 Å². The van der Waals surface area contributed by atoms with Gasteiger partial charge < -0.3 is 9.47 Å². The van der Waals surface area contributed by atoms with Gasteiger partial charge in [0.15, 0.2) is 6.23 Å². The largest absolute Gasteiger partial charge is 0.371 e. The average Bonchev–Trinajstić information content (AvgIpc) is 3.23. The molecule has 8 heteroatoms. The molecule has 2 fully saturated rings. The van der Waals surface area contributed by atoms with Crippen LogP contribution in [-0.2, 0) is 22.6 Å². The smallest absolute Gasteiger partial charge is 0.338 e. The van der Waals surface area contributed by atoms with Crippen molar-refractivity contribution >= 4 is 0 Å². The van der Waals surface area contributed by atoms with Gasteiger partial charge in [0.25, 0.3) is 0 Å². The summed E-state index contributed by atoms with van der Waals surface area (Å²) in [4.78, 5) is 36.4. The average molecular weight is 267 g/mol. The molecule has 0 saturated carbocycles. The summed E-state index contributed by atoms with van der Waals surface area (Å²) in [6.07, 6.45) is 0.736. The molecule has 1 aromatic heterocycles. The Labute approximate surface area is 107 Å². The van der Waals surface area contributed by atoms with E-state index in [2.05, 4.69) is 6.58 Å². The Bertz CT molecular complexity index is 690. The summed E-state index contributed by atoms with van der Waals surface area (Å²) in [7, 11) is 0. The molecule has 0 N–H and O–H groups in total. The maximum Gasteiger partial charge on any atom is 0.338 e. The minimum absolute atomic E-state index is 0.0518. The van der Waals surface area contributed by atoms with Crippen molar-refractivity contribution in [3.05, 3.63) is 44.1 Å². The molecule has 2 atom stereocenters. The fourth-order valence-electron chi connectivity index (χ4n) is 1.91. The first-order valence-electron chi connectivity index (χ1n) is 5.93. The maximum atomic E-state index is 12.2. The third kappa shape index (κ3) is 2.08. The Hall–Kier alpha value is -1.93. The molecule has 1 aromatic rings. The second kappa shape index (κ2) is 4.32. The maximum absolute atomic E-state index is 12.2. The van der Waals surface area contributed by atoms with Crippen molar-refractivity contribution in [1.29, 1.82) is 0 Å². The standard InChI is InChI=1S/C11H13N3O5/c1-2-3-12-9(15)13(4-7-5-18-7)11(17)14(10(12)16)8-6-19-8/h2,7-8H,1,3-6H2. The molecule has 19 heavy (non-hydrogen) atoms. The molecule has 0 bridgehead atoms. The lowest BCUT2D eigenvalue weighted by molar-refractivity contribution is 0.311. The summed E-state index contributed by atoms with van der Waals surface area (Å²) >= 11 is 0. The van der Waals surface area contributed by atoms with E-state index < -0.39 is 23.3 Å². The normalized spacial score (nSPS) is 24.2. The van der Waals surface area contributed by atoms with Gasteiger partial charge in [-0.25, -0.2) is 28.1 Å². The first-order chi connectivity index (χ1) is 9.13. The predicted octanol–water partition coefficient (Wildman–Crippen LogP) is -1.71. The molecule has 0 amide bonds. The monoisotopic (exact) mass is 267 g/mol. The zero-order valence-corrected chi connectivity index (χ0v) is 10.2. The van der Waals surface area contributed by atoms with E-state index >= 15 is 0 Å². The van der Waals surface area contributed by atoms with Gasteiger partial charge in [-0.2, -0.15) is 0 Å². The van der Waals surface area contributed by atoms with Gasteiger partial charge in [0.1, 0.15) is 0 Å². The van der Waals surface area contributed by atoms with E-state index in [9.17, 15) is 14.4 Å². The second-order valence-corrected chi connectivity index (χ2v) is 4.47. The molecule has 0 aliphatic carbocycles. The van der Waals surface area contributed by atoms with Gasteiger partial charge >= 0.3 is 17.1 Å². The Morgan fingerprint density at radius 1 is 1.11 bits per heavy atom. The third-order valence-electron chi connectivity index (χ3n) is 3.04. The summed E-state index contributed by atoms with van der Waals surface area (Å²) in [6, 6.07) is 0. The van der Waals surface area contributed by atoms with Crippen molar-refractivity contribution < 1.29 is 9.47 Å². The number of hydrogen-bond donors (Lipinski definition) is 0. The van der Waals surface area contributed by atoms with Crippen LogP contribution in [0.2, 0.25) is 0 Å². The number of nitrogens with zero attached hydrogens (tertiary/aromatic N) is 3. The highest BCUT2D eigenvalue weighted by Crippen LogP contribution is 2.18. The minimum atomic E-state index is -0.662. The van der Waals surface area contributed by atoms with Gasteiger partial charge in [0.05, 0.1) is 32.4 Å². The number of aromatic nitrogens is 3. The van der Waals surface area contributed by atoms with Crippen molar-refractivity contribution in [2.24, 2.45) is 0 Å². The van der Waals surface area contributed by atoms with Crippen molar-refractivity contribution in [2.45, 2.75) is 25.4 Å². The summed E-state index contributed by atoms with van der Waals surface area (Å²) in [5.41, 5.74) is -1.94. The molecule has 3 heterocycles. The van der Waals surface area contributed by atoms with Crippen LogP contribution in [0.15, 0.2) is 27.0 Å². The fourth-order valence-corrected chi connectivity index (χ4v) is 1.91. The highest BCUT2D eigenvalue weighted by molar-refractivity contribution is 4.87. The van der Waals surface area contributed by atoms with Gasteiger partial charge in [-0.1, -0.05) is 6.08 Å². The molecule has 0 aromatic carbocycles. The molecule has 8 nitrogen and oxygen atoms in total. The number of allylic oxidation sites excluding steroid dienone is 1. The van der Waals surface area contributed by atoms with E-state index in [1.165, 1.54) is 6.08 Å². The van der Waals surface area contributed by atoms with Crippen molar-refractivity contribution in [3.63, 3.8) is 0 Å². The predicted molar refractivity (Wildman–Crippen MR) is 64.1 cm³/mol. The van der Waals surface area contributed by atoms with Gasteiger partial charge in [-0.3, -0.25) is 0 Å². The van der Waals surface area contributed by atoms with Crippen LogP contribution >= 0.6 is 0 Å². The molecule has 2 saturated heterocycles. The van der Waals surface area contributed by atoms with Crippen LogP contribution < -0.4 is 17.1 Å². The molecular formula is C11H13N3O5. The first-order valence-corrected chi connectivity index (χ1v) is 5.93. The van der Waals surface area contributed by atoms with Gasteiger partial charge in [-0.15, -0.1) is 6.58 Å². The van der Waals surface area contributed by atoms with Crippen molar-refractivity contribution in [3.8, 4) is 0 Å². The lowest BCUT2D eigenvalue weighted by Gasteiger charge is -2.10. The molecular weight excluding hydrogens is 254 g/mol. The molecule has 2 unspecified atom stereocenters. The number of ether oxygens (including phenoxy) is 2. The fraction of sp³-hybridized carbons (Fsp3) is 0.545. The molecule has 2 aliphatic rings. The van der Waals surface area contributed by atoms with Crippen LogP contribution in [0.5, 0.6) is 0 Å². The topological polar surface area (TPSA) is 91.1 Å². The van der Waals surface area contributed by atoms with E-state index in [4.69, 9.17) is 9.47 Å². The number of epoxide rings is 2. The van der Waals surface area contributed by atoms with Gasteiger partial charge in [0.2, 0.25) is 0 Å². The number of rotatable bonds is 5. The zero-order chi connectivity index (χ0) is 13.6. The molecule has 102 valence electrons. The second-order valence-electron chi connectivity index (χ2n) is 4.47. The molecule has 2 aliphatic heterocycles. The Morgan fingerprint density at radius 2 is 1.74 bits per heavy atom. The lowest BCUT2D eigenvalue weighted by Crippen LogP contribution is -2.54. The summed E-state index contributed by atoms with van der Waals surface area (Å²) in [5, 5.41) is 0. The van der Waals surface area contributed by atoms with Gasteiger partial charge in [-0.05, 0) is 0 Å².